The molecule has 30 heavy (non-hydrogen) atoms. The second-order valence-electron chi connectivity index (χ2n) is 6.00. The molecule has 0 saturated carbocycles. The number of halogens is 2. The number of rotatable bonds is 6. The number of nitro benzene ring substituents is 1. The molecule has 10 heteroatoms. The lowest BCUT2D eigenvalue weighted by Gasteiger charge is -2.12. The molecular formula is C20H12Cl2N2O5S. The van der Waals surface area contributed by atoms with E-state index in [4.69, 9.17) is 34.4 Å². The normalized spacial score (nSPS) is 14.8. The van der Waals surface area contributed by atoms with Gasteiger partial charge in [-0.25, -0.2) is 0 Å². The van der Waals surface area contributed by atoms with Gasteiger partial charge in [-0.2, -0.15) is 0 Å². The smallest absolute Gasteiger partial charge is 0.293 e. The summed E-state index contributed by atoms with van der Waals surface area (Å²) in [7, 11) is 0. The van der Waals surface area contributed by atoms with Crippen LogP contribution in [0.25, 0.3) is 6.08 Å². The monoisotopic (exact) mass is 462 g/mol. The van der Waals surface area contributed by atoms with E-state index in [1.807, 2.05) is 0 Å². The van der Waals surface area contributed by atoms with Crippen LogP contribution in [0.2, 0.25) is 10.0 Å². The molecule has 1 fully saturated rings. The number of hydrogen-bond donors (Lipinski definition) is 0. The number of nitro groups is 1. The van der Waals surface area contributed by atoms with Gasteiger partial charge in [0.25, 0.3) is 16.8 Å². The summed E-state index contributed by atoms with van der Waals surface area (Å²) in [6, 6.07) is 8.83. The first kappa shape index (κ1) is 21.7. The van der Waals surface area contributed by atoms with Crippen LogP contribution in [0.4, 0.5) is 10.5 Å². The highest BCUT2D eigenvalue weighted by molar-refractivity contribution is 8.18. The Hall–Kier alpha value is -2.99. The van der Waals surface area contributed by atoms with Crippen LogP contribution in [0.3, 0.4) is 0 Å². The molecule has 0 aromatic heterocycles. The van der Waals surface area contributed by atoms with Crippen molar-refractivity contribution >= 4 is 57.9 Å². The summed E-state index contributed by atoms with van der Waals surface area (Å²) in [5, 5.41) is 10.8. The van der Waals surface area contributed by atoms with E-state index in [9.17, 15) is 19.7 Å². The fourth-order valence-corrected chi connectivity index (χ4v) is 4.10. The van der Waals surface area contributed by atoms with Gasteiger partial charge >= 0.3 is 0 Å². The Bertz CT molecular complexity index is 1100. The predicted molar refractivity (Wildman–Crippen MR) is 115 cm³/mol. The summed E-state index contributed by atoms with van der Waals surface area (Å²) in [4.78, 5) is 36.6. The van der Waals surface area contributed by atoms with Gasteiger partial charge < -0.3 is 4.74 Å². The van der Waals surface area contributed by atoms with Crippen molar-refractivity contribution in [2.24, 2.45) is 0 Å². The van der Waals surface area contributed by atoms with E-state index in [0.717, 1.165) is 16.7 Å². The standard InChI is InChI=1S/C20H12Cl2N2O5S/c1-2-6-29-18-15(21)8-13(9-16(18)22)10-17-19(25)23(20(26)30-17)11-12-4-3-5-14(7-12)24(27)28/h1,3-5,7-10H,6,11H2/b17-10+. The maximum atomic E-state index is 12.7. The molecular weight excluding hydrogens is 451 g/mol. The molecule has 2 aromatic carbocycles. The summed E-state index contributed by atoms with van der Waals surface area (Å²) in [6.07, 6.45) is 6.64. The van der Waals surface area contributed by atoms with Crippen molar-refractivity contribution in [3.05, 3.63) is 72.6 Å². The van der Waals surface area contributed by atoms with Gasteiger partial charge in [0.1, 0.15) is 6.61 Å². The maximum Gasteiger partial charge on any atom is 0.293 e. The lowest BCUT2D eigenvalue weighted by molar-refractivity contribution is -0.384. The van der Waals surface area contributed by atoms with Gasteiger partial charge in [-0.3, -0.25) is 24.6 Å². The number of benzene rings is 2. The largest absolute Gasteiger partial charge is 0.478 e. The first-order chi connectivity index (χ1) is 14.3. The number of ether oxygens (including phenoxy) is 1. The minimum atomic E-state index is -0.540. The highest BCUT2D eigenvalue weighted by Gasteiger charge is 2.35. The number of hydrogen-bond acceptors (Lipinski definition) is 6. The Morgan fingerprint density at radius 3 is 2.57 bits per heavy atom. The Morgan fingerprint density at radius 1 is 1.23 bits per heavy atom. The molecule has 0 bridgehead atoms. The van der Waals surface area contributed by atoms with Crippen LogP contribution in [0, 0.1) is 22.5 Å². The summed E-state index contributed by atoms with van der Waals surface area (Å²) in [6.45, 7) is -0.0839. The third-order valence-electron chi connectivity index (χ3n) is 3.95. The molecule has 3 rings (SSSR count). The Balaban J connectivity index is 1.82. The zero-order valence-electron chi connectivity index (χ0n) is 15.1. The number of imide groups is 1. The van der Waals surface area contributed by atoms with Crippen LogP contribution in [0.1, 0.15) is 11.1 Å². The Kier molecular flexibility index (Phi) is 6.67. The van der Waals surface area contributed by atoms with Crippen molar-refractivity contribution in [3.63, 3.8) is 0 Å². The zero-order chi connectivity index (χ0) is 21.8. The molecule has 1 aliphatic rings. The van der Waals surface area contributed by atoms with Crippen LogP contribution in [0.15, 0.2) is 41.3 Å². The van der Waals surface area contributed by atoms with Gasteiger partial charge in [0.05, 0.1) is 26.4 Å². The first-order valence-electron chi connectivity index (χ1n) is 8.34. The molecule has 0 N–H and O–H groups in total. The minimum Gasteiger partial charge on any atom is -0.478 e. The quantitative estimate of drug-likeness (QED) is 0.255. The van der Waals surface area contributed by atoms with E-state index in [-0.39, 0.29) is 39.5 Å². The first-order valence-corrected chi connectivity index (χ1v) is 9.91. The third-order valence-corrected chi connectivity index (χ3v) is 5.42. The van der Waals surface area contributed by atoms with Gasteiger partial charge in [-0.05, 0) is 41.1 Å². The van der Waals surface area contributed by atoms with E-state index in [2.05, 4.69) is 5.92 Å². The number of nitrogens with zero attached hydrogens (tertiary/aromatic N) is 2. The third kappa shape index (κ3) is 4.76. The average molecular weight is 463 g/mol. The van der Waals surface area contributed by atoms with Crippen molar-refractivity contribution < 1.29 is 19.2 Å². The van der Waals surface area contributed by atoms with Crippen LogP contribution in [-0.4, -0.2) is 27.6 Å². The van der Waals surface area contributed by atoms with E-state index in [1.54, 1.807) is 6.07 Å². The van der Waals surface area contributed by atoms with Crippen molar-refractivity contribution in [2.75, 3.05) is 6.61 Å². The molecule has 1 saturated heterocycles. The SMILES string of the molecule is C#CCOc1c(Cl)cc(/C=C2/SC(=O)N(Cc3cccc([N+](=O)[O-])c3)C2=O)cc1Cl. The van der Waals surface area contributed by atoms with Crippen LogP contribution < -0.4 is 4.74 Å². The van der Waals surface area contributed by atoms with Crippen molar-refractivity contribution in [1.29, 1.82) is 0 Å². The summed E-state index contributed by atoms with van der Waals surface area (Å²) >= 11 is 13.1. The van der Waals surface area contributed by atoms with E-state index >= 15 is 0 Å². The predicted octanol–water partition coefficient (Wildman–Crippen LogP) is 5.15. The molecule has 0 atom stereocenters. The summed E-state index contributed by atoms with van der Waals surface area (Å²) in [5.74, 6) is 2.02. The summed E-state index contributed by atoms with van der Waals surface area (Å²) < 4.78 is 5.29. The number of non-ortho nitro benzene ring substituents is 1. The summed E-state index contributed by atoms with van der Waals surface area (Å²) in [5.41, 5.74) is 0.846. The number of carbonyl (C=O) groups is 2. The molecule has 2 amide bonds. The maximum absolute atomic E-state index is 12.7. The molecule has 0 radical (unpaired) electrons. The molecule has 7 nitrogen and oxygen atoms in total. The molecule has 152 valence electrons. The fourth-order valence-electron chi connectivity index (χ4n) is 2.65. The van der Waals surface area contributed by atoms with Crippen LogP contribution in [-0.2, 0) is 11.3 Å². The zero-order valence-corrected chi connectivity index (χ0v) is 17.5. The Labute approximate surface area is 185 Å². The van der Waals surface area contributed by atoms with E-state index in [0.29, 0.717) is 11.1 Å². The van der Waals surface area contributed by atoms with Crippen molar-refractivity contribution in [2.45, 2.75) is 6.54 Å². The molecule has 0 aliphatic carbocycles. The Morgan fingerprint density at radius 2 is 1.93 bits per heavy atom. The van der Waals surface area contributed by atoms with Gasteiger partial charge in [0.15, 0.2) is 5.75 Å². The van der Waals surface area contributed by atoms with Gasteiger partial charge in [0.2, 0.25) is 0 Å². The van der Waals surface area contributed by atoms with E-state index in [1.165, 1.54) is 36.4 Å². The van der Waals surface area contributed by atoms with E-state index < -0.39 is 16.1 Å². The number of carbonyl (C=O) groups excluding carboxylic acids is 2. The topological polar surface area (TPSA) is 89.8 Å². The number of thioether (sulfide) groups is 1. The van der Waals surface area contributed by atoms with Gasteiger partial charge in [-0.15, -0.1) is 6.42 Å². The molecule has 1 heterocycles. The van der Waals surface area contributed by atoms with Crippen molar-refractivity contribution in [3.8, 4) is 18.1 Å². The molecule has 2 aromatic rings. The van der Waals surface area contributed by atoms with Gasteiger partial charge in [0, 0.05) is 12.1 Å². The highest BCUT2D eigenvalue weighted by atomic mass is 35.5. The fraction of sp³-hybridized carbons (Fsp3) is 0.100. The molecule has 0 unspecified atom stereocenters. The van der Waals surface area contributed by atoms with Crippen molar-refractivity contribution in [1.82, 2.24) is 4.90 Å². The van der Waals surface area contributed by atoms with Crippen LogP contribution in [0.5, 0.6) is 5.75 Å². The second kappa shape index (κ2) is 9.22. The number of terminal acetylenes is 1. The lowest BCUT2D eigenvalue weighted by atomic mass is 10.1. The molecule has 0 spiro atoms. The highest BCUT2D eigenvalue weighted by Crippen LogP contribution is 2.37. The lowest BCUT2D eigenvalue weighted by Crippen LogP contribution is -2.27. The molecule has 1 aliphatic heterocycles. The minimum absolute atomic E-state index is 0.00464. The average Bonchev–Trinajstić information content (AvgIpc) is 2.95. The van der Waals surface area contributed by atoms with Crippen LogP contribution >= 0.6 is 35.0 Å². The van der Waals surface area contributed by atoms with Gasteiger partial charge in [-0.1, -0.05) is 41.3 Å². The number of amides is 2. The second-order valence-corrected chi connectivity index (χ2v) is 7.81.